The summed E-state index contributed by atoms with van der Waals surface area (Å²) in [5, 5.41) is 2.87. The minimum atomic E-state index is -0.866. The van der Waals surface area contributed by atoms with Gasteiger partial charge in [0, 0.05) is 26.2 Å². The second kappa shape index (κ2) is 4.29. The Hall–Kier alpha value is -0.543. The van der Waals surface area contributed by atoms with Gasteiger partial charge >= 0.3 is 0 Å². The number of halogens is 1. The lowest BCUT2D eigenvalue weighted by Crippen LogP contribution is -2.39. The number of hydrogen-bond acceptors (Lipinski definition) is 0. The van der Waals surface area contributed by atoms with Gasteiger partial charge in [-0.05, 0) is 42.8 Å². The third-order valence-corrected chi connectivity index (χ3v) is 5.96. The third-order valence-electron chi connectivity index (χ3n) is 3.06. The second-order valence-electron chi connectivity index (χ2n) is 5.88. The van der Waals surface area contributed by atoms with E-state index in [1.54, 1.807) is 0 Å². The van der Waals surface area contributed by atoms with Crippen LogP contribution in [-0.2, 0) is 5.54 Å². The molecule has 0 N–H and O–H groups in total. The van der Waals surface area contributed by atoms with Gasteiger partial charge in [0.25, 0.3) is 0 Å². The van der Waals surface area contributed by atoms with Crippen molar-refractivity contribution in [2.45, 2.75) is 39.4 Å². The van der Waals surface area contributed by atoms with Crippen LogP contribution >= 0.6 is 15.9 Å². The summed E-state index contributed by atoms with van der Waals surface area (Å²) < 4.78 is 3.83. The van der Waals surface area contributed by atoms with E-state index in [0.29, 0.717) is 0 Å². The molecule has 1 heterocycles. The number of aromatic nitrogens is 1. The average molecular weight is 310 g/mol. The molecule has 0 saturated carbocycles. The molecular formula is C14H20BrNSi. The molecule has 1 nitrogen and oxygen atoms in total. The van der Waals surface area contributed by atoms with Crippen molar-refractivity contribution in [3.05, 3.63) is 28.7 Å². The molecule has 17 heavy (non-hydrogen) atoms. The van der Waals surface area contributed by atoms with Gasteiger partial charge in [-0.1, -0.05) is 31.3 Å². The molecule has 0 saturated heterocycles. The third kappa shape index (κ3) is 2.11. The van der Waals surface area contributed by atoms with Gasteiger partial charge in [0.15, 0.2) is 0 Å². The smallest absolute Gasteiger partial charge is 0.0872 e. The number of nitrogens with zero attached hydrogens (tertiary/aromatic N) is 1. The highest BCUT2D eigenvalue weighted by molar-refractivity contribution is 9.10. The Morgan fingerprint density at radius 1 is 1.12 bits per heavy atom. The summed E-state index contributed by atoms with van der Waals surface area (Å²) in [5.74, 6) is 0. The largest absolute Gasteiger partial charge is 0.342 e. The maximum absolute atomic E-state index is 3.81. The normalized spacial score (nSPS) is 12.6. The summed E-state index contributed by atoms with van der Waals surface area (Å²) in [6.45, 7) is 11.6. The fraction of sp³-hybridized carbons (Fsp3) is 0.429. The second-order valence-corrected chi connectivity index (χ2v) is 9.53. The van der Waals surface area contributed by atoms with E-state index in [-0.39, 0.29) is 5.54 Å². The predicted molar refractivity (Wildman–Crippen MR) is 83.1 cm³/mol. The van der Waals surface area contributed by atoms with Crippen molar-refractivity contribution in [3.8, 4) is 0 Å². The van der Waals surface area contributed by atoms with E-state index < -0.39 is 8.80 Å². The van der Waals surface area contributed by atoms with Gasteiger partial charge in [0.1, 0.15) is 0 Å². The first-order chi connectivity index (χ1) is 7.84. The van der Waals surface area contributed by atoms with Crippen LogP contribution in [0.25, 0.3) is 10.9 Å². The van der Waals surface area contributed by atoms with Crippen molar-refractivity contribution in [1.29, 1.82) is 0 Å². The average Bonchev–Trinajstić information content (AvgIpc) is 2.52. The molecule has 0 bridgehead atoms. The maximum atomic E-state index is 3.81. The lowest BCUT2D eigenvalue weighted by atomic mass is 10.1. The Bertz CT molecular complexity index is 549. The van der Waals surface area contributed by atoms with Crippen molar-refractivity contribution in [2.24, 2.45) is 0 Å². The molecule has 2 rings (SSSR count). The first-order valence-electron chi connectivity index (χ1n) is 6.13. The molecule has 0 fully saturated rings. The standard InChI is InChI=1S/C14H20BrNSi/c1-14(2,3)16-11-9-7-6-8-10(11)12(15)13(16)17(4)5/h6-9,17H,1-5H3. The van der Waals surface area contributed by atoms with E-state index in [1.165, 1.54) is 20.7 Å². The van der Waals surface area contributed by atoms with Gasteiger partial charge < -0.3 is 4.57 Å². The minimum absolute atomic E-state index is 0.137. The van der Waals surface area contributed by atoms with Crippen molar-refractivity contribution in [3.63, 3.8) is 0 Å². The van der Waals surface area contributed by atoms with Crippen LogP contribution in [0.15, 0.2) is 28.7 Å². The fourth-order valence-electron chi connectivity index (χ4n) is 2.45. The molecule has 0 radical (unpaired) electrons. The molecule has 92 valence electrons. The number of benzene rings is 1. The maximum Gasteiger partial charge on any atom is 0.0872 e. The van der Waals surface area contributed by atoms with Gasteiger partial charge in [-0.3, -0.25) is 0 Å². The van der Waals surface area contributed by atoms with Gasteiger partial charge in [0.05, 0.1) is 8.80 Å². The topological polar surface area (TPSA) is 4.93 Å². The summed E-state index contributed by atoms with van der Waals surface area (Å²) in [6, 6.07) is 8.68. The van der Waals surface area contributed by atoms with Crippen LogP contribution in [0.4, 0.5) is 0 Å². The van der Waals surface area contributed by atoms with Gasteiger partial charge in [-0.25, -0.2) is 0 Å². The molecular weight excluding hydrogens is 290 g/mol. The highest BCUT2D eigenvalue weighted by Crippen LogP contribution is 2.29. The molecule has 3 heteroatoms. The SMILES string of the molecule is C[SiH](C)c1c(Br)c2ccccc2n1C(C)(C)C. The van der Waals surface area contributed by atoms with E-state index in [4.69, 9.17) is 0 Å². The number of hydrogen-bond donors (Lipinski definition) is 0. The molecule has 0 aliphatic rings. The van der Waals surface area contributed by atoms with Crippen molar-refractivity contribution in [1.82, 2.24) is 4.57 Å². The van der Waals surface area contributed by atoms with E-state index in [9.17, 15) is 0 Å². The summed E-state index contributed by atoms with van der Waals surface area (Å²) >= 11 is 3.81. The Labute approximate surface area is 114 Å². The van der Waals surface area contributed by atoms with Crippen molar-refractivity contribution >= 4 is 40.9 Å². The highest BCUT2D eigenvalue weighted by Gasteiger charge is 2.24. The van der Waals surface area contributed by atoms with Crippen LogP contribution in [0.5, 0.6) is 0 Å². The summed E-state index contributed by atoms with van der Waals surface area (Å²) in [7, 11) is -0.866. The molecule has 2 aromatic rings. The Balaban J connectivity index is 2.91. The van der Waals surface area contributed by atoms with Crippen LogP contribution in [0, 0.1) is 0 Å². The van der Waals surface area contributed by atoms with Crippen LogP contribution in [-0.4, -0.2) is 13.4 Å². The van der Waals surface area contributed by atoms with Gasteiger partial charge in [-0.15, -0.1) is 0 Å². The Morgan fingerprint density at radius 2 is 1.71 bits per heavy atom. The molecule has 0 amide bonds. The van der Waals surface area contributed by atoms with E-state index >= 15 is 0 Å². The Kier molecular flexibility index (Phi) is 3.25. The zero-order valence-corrected chi connectivity index (χ0v) is 14.0. The van der Waals surface area contributed by atoms with Gasteiger partial charge in [-0.2, -0.15) is 0 Å². The number of fused-ring (bicyclic) bond motifs is 1. The van der Waals surface area contributed by atoms with Gasteiger partial charge in [0.2, 0.25) is 0 Å². The number of rotatable bonds is 1. The first kappa shape index (κ1) is 12.9. The quantitative estimate of drug-likeness (QED) is 0.705. The minimum Gasteiger partial charge on any atom is -0.342 e. The molecule has 0 unspecified atom stereocenters. The zero-order chi connectivity index (χ0) is 12.8. The van der Waals surface area contributed by atoms with Crippen LogP contribution in [0.2, 0.25) is 13.1 Å². The lowest BCUT2D eigenvalue weighted by Gasteiger charge is -2.27. The van der Waals surface area contributed by atoms with Crippen LogP contribution < -0.4 is 5.32 Å². The molecule has 0 spiro atoms. The first-order valence-corrected chi connectivity index (χ1v) is 9.81. The zero-order valence-electron chi connectivity index (χ0n) is 11.2. The Morgan fingerprint density at radius 3 is 2.24 bits per heavy atom. The van der Waals surface area contributed by atoms with E-state index in [2.05, 4.69) is 78.6 Å². The molecule has 0 atom stereocenters. The van der Waals surface area contributed by atoms with Crippen LogP contribution in [0.1, 0.15) is 20.8 Å². The van der Waals surface area contributed by atoms with E-state index in [1.807, 2.05) is 0 Å². The molecule has 0 aliphatic carbocycles. The monoisotopic (exact) mass is 309 g/mol. The molecule has 1 aromatic carbocycles. The highest BCUT2D eigenvalue weighted by atomic mass is 79.9. The lowest BCUT2D eigenvalue weighted by molar-refractivity contribution is 0.419. The van der Waals surface area contributed by atoms with E-state index in [0.717, 1.165) is 0 Å². The number of para-hydroxylation sites is 1. The van der Waals surface area contributed by atoms with Crippen LogP contribution in [0.3, 0.4) is 0 Å². The van der Waals surface area contributed by atoms with Crippen molar-refractivity contribution < 1.29 is 0 Å². The fourth-order valence-corrected chi connectivity index (χ4v) is 6.05. The summed E-state index contributed by atoms with van der Waals surface area (Å²) in [5.41, 5.74) is 1.49. The summed E-state index contributed by atoms with van der Waals surface area (Å²) in [4.78, 5) is 0. The molecule has 0 aliphatic heterocycles. The molecule has 1 aromatic heterocycles. The van der Waals surface area contributed by atoms with Crippen molar-refractivity contribution in [2.75, 3.05) is 0 Å². The summed E-state index contributed by atoms with van der Waals surface area (Å²) in [6.07, 6.45) is 0. The predicted octanol–water partition coefficient (Wildman–Crippen LogP) is 3.85.